The molecule has 0 aromatic heterocycles. The fourth-order valence-corrected chi connectivity index (χ4v) is 4.78. The quantitative estimate of drug-likeness (QED) is 0.237. The van der Waals surface area contributed by atoms with Gasteiger partial charge in [0.05, 0.1) is 18.8 Å². The van der Waals surface area contributed by atoms with E-state index in [1.807, 2.05) is 44.2 Å². The Kier molecular flexibility index (Phi) is 11.1. The number of amides is 2. The first-order chi connectivity index (χ1) is 20.5. The summed E-state index contributed by atoms with van der Waals surface area (Å²) < 4.78 is 38.6. The van der Waals surface area contributed by atoms with Gasteiger partial charge in [0.1, 0.15) is 35.8 Å². The number of hydrogen-bond acceptors (Lipinski definition) is 8. The summed E-state index contributed by atoms with van der Waals surface area (Å²) in [5.74, 6) is -1.05. The largest absolute Gasteiger partial charge is 0.487 e. The third-order valence-electron chi connectivity index (χ3n) is 6.51. The molecule has 1 atom stereocenters. The fourth-order valence-electron chi connectivity index (χ4n) is 4.78. The molecular formula is C33H46FN3O7. The van der Waals surface area contributed by atoms with Crippen LogP contribution >= 0.6 is 0 Å². The van der Waals surface area contributed by atoms with E-state index < -0.39 is 41.2 Å². The second-order valence-corrected chi connectivity index (χ2v) is 13.3. The van der Waals surface area contributed by atoms with Gasteiger partial charge in [0.25, 0.3) is 0 Å². The van der Waals surface area contributed by atoms with Gasteiger partial charge in [-0.05, 0) is 53.0 Å². The Morgan fingerprint density at radius 3 is 2.25 bits per heavy atom. The average molecular weight is 616 g/mol. The van der Waals surface area contributed by atoms with Crippen molar-refractivity contribution in [3.8, 4) is 5.75 Å². The van der Waals surface area contributed by atoms with Crippen molar-refractivity contribution >= 4 is 29.5 Å². The van der Waals surface area contributed by atoms with Crippen molar-refractivity contribution in [3.05, 3.63) is 53.3 Å². The standard InChI is InChI=1S/C33H46FN3O7/c1-21(2)18-36(30(39)43-32(3,4)5)19-23-15-24-25(37(23)31(40)44-33(6,7)8)16-26(42-20-22-13-11-10-12-14-22)29(28(24)34)35-17-27(38)41-9/h10-14,16,21,23,35H,15,17-20H2,1-9H3/t23-/m0/s1. The number of esters is 1. The van der Waals surface area contributed by atoms with E-state index in [2.05, 4.69) is 5.32 Å². The zero-order valence-electron chi connectivity index (χ0n) is 27.3. The highest BCUT2D eigenvalue weighted by molar-refractivity contribution is 5.93. The molecule has 0 spiro atoms. The molecule has 10 nitrogen and oxygen atoms in total. The molecule has 1 aliphatic rings. The number of rotatable bonds is 10. The van der Waals surface area contributed by atoms with Crippen LogP contribution in [0, 0.1) is 11.7 Å². The highest BCUT2D eigenvalue weighted by Gasteiger charge is 2.42. The van der Waals surface area contributed by atoms with Gasteiger partial charge in [-0.25, -0.2) is 14.0 Å². The predicted octanol–water partition coefficient (Wildman–Crippen LogP) is 6.55. The molecule has 0 aliphatic carbocycles. The molecule has 242 valence electrons. The Bertz CT molecular complexity index is 1320. The summed E-state index contributed by atoms with van der Waals surface area (Å²) in [5.41, 5.74) is -0.249. The lowest BCUT2D eigenvalue weighted by atomic mass is 10.1. The van der Waals surface area contributed by atoms with Gasteiger partial charge in [-0.3, -0.25) is 9.69 Å². The minimum atomic E-state index is -0.833. The van der Waals surface area contributed by atoms with E-state index in [9.17, 15) is 14.4 Å². The normalized spacial score (nSPS) is 14.6. The topological polar surface area (TPSA) is 107 Å². The fraction of sp³-hybridized carbons (Fsp3) is 0.545. The first-order valence-electron chi connectivity index (χ1n) is 14.8. The Hall–Kier alpha value is -4.02. The molecule has 2 amide bonds. The van der Waals surface area contributed by atoms with Gasteiger partial charge < -0.3 is 29.2 Å². The van der Waals surface area contributed by atoms with Gasteiger partial charge >= 0.3 is 18.2 Å². The highest BCUT2D eigenvalue weighted by atomic mass is 19.1. The van der Waals surface area contributed by atoms with Crippen LogP contribution in [0.5, 0.6) is 5.75 Å². The highest BCUT2D eigenvalue weighted by Crippen LogP contribution is 2.44. The molecule has 1 aliphatic heterocycles. The third-order valence-corrected chi connectivity index (χ3v) is 6.51. The Balaban J connectivity index is 2.08. The van der Waals surface area contributed by atoms with Crippen LogP contribution in [0.3, 0.4) is 0 Å². The summed E-state index contributed by atoms with van der Waals surface area (Å²) in [4.78, 5) is 41.8. The molecule has 0 saturated carbocycles. The number of halogens is 1. The zero-order valence-corrected chi connectivity index (χ0v) is 27.3. The molecule has 44 heavy (non-hydrogen) atoms. The number of carbonyl (C=O) groups excluding carboxylic acids is 3. The second-order valence-electron chi connectivity index (χ2n) is 13.3. The number of anilines is 2. The van der Waals surface area contributed by atoms with E-state index in [-0.39, 0.29) is 54.7 Å². The Labute approximate surface area is 259 Å². The molecule has 2 aromatic carbocycles. The number of nitrogens with zero attached hydrogens (tertiary/aromatic N) is 2. The SMILES string of the molecule is COC(=O)CNc1c(OCc2ccccc2)cc2c(c1F)C[C@@H](CN(CC(C)C)C(=O)OC(C)(C)C)N2C(=O)OC(C)(C)C. The minimum absolute atomic E-state index is 0.0268. The second kappa shape index (κ2) is 14.2. The van der Waals surface area contributed by atoms with Gasteiger partial charge in [-0.2, -0.15) is 0 Å². The van der Waals surface area contributed by atoms with Crippen molar-refractivity contribution in [3.63, 3.8) is 0 Å². The number of nitrogens with one attached hydrogen (secondary N) is 1. The molecule has 2 aromatic rings. The number of carbonyl (C=O) groups is 3. The molecular weight excluding hydrogens is 569 g/mol. The number of methoxy groups -OCH3 is 1. The van der Waals surface area contributed by atoms with Crippen LogP contribution in [0.25, 0.3) is 0 Å². The maximum Gasteiger partial charge on any atom is 0.415 e. The summed E-state index contributed by atoms with van der Waals surface area (Å²) in [7, 11) is 1.24. The molecule has 0 unspecified atom stereocenters. The molecule has 0 fully saturated rings. The molecule has 0 saturated heterocycles. The number of benzene rings is 2. The van der Waals surface area contributed by atoms with Crippen molar-refractivity contribution in [2.45, 2.75) is 85.7 Å². The molecule has 1 heterocycles. The van der Waals surface area contributed by atoms with Crippen molar-refractivity contribution in [1.82, 2.24) is 4.90 Å². The molecule has 1 N–H and O–H groups in total. The van der Waals surface area contributed by atoms with Crippen LogP contribution in [0.2, 0.25) is 0 Å². The van der Waals surface area contributed by atoms with Crippen molar-refractivity contribution in [2.24, 2.45) is 5.92 Å². The van der Waals surface area contributed by atoms with Crippen molar-refractivity contribution < 1.29 is 37.7 Å². The Morgan fingerprint density at radius 1 is 1.05 bits per heavy atom. The molecule has 3 rings (SSSR count). The maximum atomic E-state index is 16.4. The van der Waals surface area contributed by atoms with Gasteiger partial charge in [0.15, 0.2) is 5.82 Å². The van der Waals surface area contributed by atoms with E-state index >= 15 is 4.39 Å². The molecule has 0 bridgehead atoms. The van der Waals surface area contributed by atoms with E-state index in [1.54, 1.807) is 52.5 Å². The van der Waals surface area contributed by atoms with Gasteiger partial charge in [0, 0.05) is 31.1 Å². The predicted molar refractivity (Wildman–Crippen MR) is 167 cm³/mol. The van der Waals surface area contributed by atoms with E-state index in [0.717, 1.165) is 5.56 Å². The van der Waals surface area contributed by atoms with Crippen molar-refractivity contribution in [1.29, 1.82) is 0 Å². The lowest BCUT2D eigenvalue weighted by Crippen LogP contribution is -2.50. The monoisotopic (exact) mass is 615 g/mol. The van der Waals surface area contributed by atoms with Crippen LogP contribution in [-0.4, -0.2) is 67.0 Å². The smallest absolute Gasteiger partial charge is 0.415 e. The Morgan fingerprint density at radius 2 is 1.68 bits per heavy atom. The van der Waals surface area contributed by atoms with E-state index in [1.165, 1.54) is 12.0 Å². The third kappa shape index (κ3) is 9.49. The summed E-state index contributed by atoms with van der Waals surface area (Å²) >= 11 is 0. The van der Waals surface area contributed by atoms with Crippen molar-refractivity contribution in [2.75, 3.05) is 37.0 Å². The lowest BCUT2D eigenvalue weighted by molar-refractivity contribution is -0.138. The first kappa shape index (κ1) is 34.5. The van der Waals surface area contributed by atoms with Crippen LogP contribution in [0.15, 0.2) is 36.4 Å². The number of ether oxygens (including phenoxy) is 4. The van der Waals surface area contributed by atoms with Gasteiger partial charge in [-0.15, -0.1) is 0 Å². The number of fused-ring (bicyclic) bond motifs is 1. The average Bonchev–Trinajstić information content (AvgIpc) is 3.27. The summed E-state index contributed by atoms with van der Waals surface area (Å²) in [5, 5.41) is 2.81. The minimum Gasteiger partial charge on any atom is -0.487 e. The first-order valence-corrected chi connectivity index (χ1v) is 14.8. The summed E-state index contributed by atoms with van der Waals surface area (Å²) in [6.07, 6.45) is -1.12. The van der Waals surface area contributed by atoms with E-state index in [0.29, 0.717) is 6.54 Å². The van der Waals surface area contributed by atoms with Crippen LogP contribution < -0.4 is 15.0 Å². The van der Waals surface area contributed by atoms with Crippen LogP contribution in [-0.2, 0) is 32.0 Å². The number of hydrogen-bond donors (Lipinski definition) is 1. The molecule has 0 radical (unpaired) electrons. The molecule has 11 heteroatoms. The lowest BCUT2D eigenvalue weighted by Gasteiger charge is -2.34. The van der Waals surface area contributed by atoms with Crippen LogP contribution in [0.1, 0.15) is 66.5 Å². The van der Waals surface area contributed by atoms with E-state index in [4.69, 9.17) is 18.9 Å². The van der Waals surface area contributed by atoms with Gasteiger partial charge in [-0.1, -0.05) is 44.2 Å². The summed E-state index contributed by atoms with van der Waals surface area (Å²) in [6.45, 7) is 14.8. The zero-order chi connectivity index (χ0) is 32.8. The summed E-state index contributed by atoms with van der Waals surface area (Å²) in [6, 6.07) is 10.2. The van der Waals surface area contributed by atoms with Crippen LogP contribution in [0.4, 0.5) is 25.4 Å². The maximum absolute atomic E-state index is 16.4. The van der Waals surface area contributed by atoms with Gasteiger partial charge in [0.2, 0.25) is 0 Å².